The van der Waals surface area contributed by atoms with E-state index in [-0.39, 0.29) is 6.04 Å². The van der Waals surface area contributed by atoms with E-state index in [0.717, 1.165) is 44.3 Å². The second kappa shape index (κ2) is 9.52. The zero-order valence-electron chi connectivity index (χ0n) is 15.0. The molecule has 5 nitrogen and oxygen atoms in total. The Morgan fingerprint density at radius 2 is 1.81 bits per heavy atom. The van der Waals surface area contributed by atoms with E-state index in [0.29, 0.717) is 5.11 Å². The molecule has 138 valence electrons. The van der Waals surface area contributed by atoms with Crippen molar-refractivity contribution in [2.24, 2.45) is 0 Å². The van der Waals surface area contributed by atoms with Crippen molar-refractivity contribution in [2.75, 3.05) is 45.3 Å². The van der Waals surface area contributed by atoms with Crippen LogP contribution < -0.4 is 20.3 Å². The molecule has 2 aromatic rings. The largest absolute Gasteiger partial charge is 0.497 e. The Morgan fingerprint density at radius 1 is 1.12 bits per heavy atom. The Labute approximate surface area is 160 Å². The lowest BCUT2D eigenvalue weighted by atomic mass is 10.1. The molecule has 0 radical (unpaired) electrons. The van der Waals surface area contributed by atoms with Gasteiger partial charge in [-0.1, -0.05) is 30.3 Å². The third kappa shape index (κ3) is 5.42. The predicted octanol–water partition coefficient (Wildman–Crippen LogP) is 1.64. The number of hydrogen-bond donors (Lipinski definition) is 3. The minimum Gasteiger partial charge on any atom is -0.497 e. The summed E-state index contributed by atoms with van der Waals surface area (Å²) in [5.74, 6) is 0.826. The Hall–Kier alpha value is -2.15. The Bertz CT molecular complexity index is 688. The number of benzene rings is 2. The zero-order valence-corrected chi connectivity index (χ0v) is 15.9. The van der Waals surface area contributed by atoms with Gasteiger partial charge in [-0.05, 0) is 42.0 Å². The van der Waals surface area contributed by atoms with E-state index in [1.165, 1.54) is 10.5 Å². The fourth-order valence-corrected chi connectivity index (χ4v) is 3.35. The van der Waals surface area contributed by atoms with E-state index < -0.39 is 0 Å². The monoisotopic (exact) mass is 372 g/mol. The number of quaternary nitrogens is 1. The molecule has 1 aliphatic heterocycles. The number of anilines is 1. The average molecular weight is 373 g/mol. The first kappa shape index (κ1) is 18.6. The van der Waals surface area contributed by atoms with E-state index in [9.17, 15) is 0 Å². The number of ether oxygens (including phenoxy) is 2. The van der Waals surface area contributed by atoms with Crippen LogP contribution in [0.15, 0.2) is 54.6 Å². The van der Waals surface area contributed by atoms with Crippen LogP contribution in [-0.2, 0) is 4.74 Å². The van der Waals surface area contributed by atoms with Crippen molar-refractivity contribution in [3.8, 4) is 5.75 Å². The van der Waals surface area contributed by atoms with Crippen LogP contribution in [0.3, 0.4) is 0 Å². The summed E-state index contributed by atoms with van der Waals surface area (Å²) in [5, 5.41) is 7.37. The van der Waals surface area contributed by atoms with Crippen LogP contribution in [0.5, 0.6) is 5.75 Å². The smallest absolute Gasteiger partial charge is 0.171 e. The first-order valence-electron chi connectivity index (χ1n) is 8.92. The summed E-state index contributed by atoms with van der Waals surface area (Å²) >= 11 is 5.55. The van der Waals surface area contributed by atoms with Crippen LogP contribution in [0.25, 0.3) is 0 Å². The summed E-state index contributed by atoms with van der Waals surface area (Å²) < 4.78 is 10.7. The second-order valence-electron chi connectivity index (χ2n) is 6.36. The van der Waals surface area contributed by atoms with Gasteiger partial charge in [0.25, 0.3) is 0 Å². The number of morpholine rings is 1. The summed E-state index contributed by atoms with van der Waals surface area (Å²) in [5.41, 5.74) is 2.18. The average Bonchev–Trinajstić information content (AvgIpc) is 2.69. The van der Waals surface area contributed by atoms with Gasteiger partial charge < -0.3 is 25.0 Å². The minimum atomic E-state index is 0.155. The summed E-state index contributed by atoms with van der Waals surface area (Å²) in [6, 6.07) is 18.4. The molecule has 6 heteroatoms. The number of rotatable bonds is 6. The maximum atomic E-state index is 5.55. The number of hydrogen-bond acceptors (Lipinski definition) is 3. The molecular formula is C20H26N3O2S+. The molecule has 1 heterocycles. The molecular weight excluding hydrogens is 346 g/mol. The molecule has 0 aromatic heterocycles. The van der Waals surface area contributed by atoms with Gasteiger partial charge >= 0.3 is 0 Å². The lowest BCUT2D eigenvalue weighted by molar-refractivity contribution is -0.909. The topological polar surface area (TPSA) is 47.0 Å². The lowest BCUT2D eigenvalue weighted by Crippen LogP contribution is -3.14. The maximum absolute atomic E-state index is 5.55. The molecule has 1 fully saturated rings. The predicted molar refractivity (Wildman–Crippen MR) is 108 cm³/mol. The van der Waals surface area contributed by atoms with E-state index in [1.54, 1.807) is 7.11 Å². The molecule has 3 rings (SSSR count). The van der Waals surface area contributed by atoms with Crippen LogP contribution in [0, 0.1) is 0 Å². The molecule has 1 atom stereocenters. The second-order valence-corrected chi connectivity index (χ2v) is 6.76. The van der Waals surface area contributed by atoms with Crippen LogP contribution in [0.1, 0.15) is 11.6 Å². The summed E-state index contributed by atoms with van der Waals surface area (Å²) in [4.78, 5) is 1.53. The first-order chi connectivity index (χ1) is 12.7. The van der Waals surface area contributed by atoms with Gasteiger partial charge in [0.05, 0.1) is 20.3 Å². The molecule has 0 spiro atoms. The van der Waals surface area contributed by atoms with E-state index in [4.69, 9.17) is 21.7 Å². The third-order valence-corrected chi connectivity index (χ3v) is 4.77. The lowest BCUT2D eigenvalue weighted by Gasteiger charge is -2.29. The van der Waals surface area contributed by atoms with Crippen molar-refractivity contribution in [3.63, 3.8) is 0 Å². The summed E-state index contributed by atoms with van der Waals surface area (Å²) in [6.45, 7) is 4.68. The van der Waals surface area contributed by atoms with Gasteiger partial charge in [-0.3, -0.25) is 0 Å². The fraction of sp³-hybridized carbons (Fsp3) is 0.350. The highest BCUT2D eigenvalue weighted by Crippen LogP contribution is 2.16. The van der Waals surface area contributed by atoms with Crippen molar-refractivity contribution in [1.82, 2.24) is 5.32 Å². The fourth-order valence-electron chi connectivity index (χ4n) is 3.09. The molecule has 3 N–H and O–H groups in total. The highest BCUT2D eigenvalue weighted by Gasteiger charge is 2.22. The Morgan fingerprint density at radius 3 is 2.46 bits per heavy atom. The first-order valence-corrected chi connectivity index (χ1v) is 9.33. The molecule has 0 bridgehead atoms. The molecule has 1 saturated heterocycles. The van der Waals surface area contributed by atoms with E-state index in [1.807, 2.05) is 30.3 Å². The minimum absolute atomic E-state index is 0.155. The van der Waals surface area contributed by atoms with Crippen LogP contribution in [0.2, 0.25) is 0 Å². The quantitative estimate of drug-likeness (QED) is 0.673. The number of nitrogens with one attached hydrogen (secondary N) is 3. The Kier molecular flexibility index (Phi) is 6.82. The molecule has 0 saturated carbocycles. The SMILES string of the molecule is COc1ccc(NC(=S)N[C@@H](C[NH+]2CCOCC2)c2ccccc2)cc1. The maximum Gasteiger partial charge on any atom is 0.171 e. The van der Waals surface area contributed by atoms with Crippen molar-refractivity contribution in [1.29, 1.82) is 0 Å². The standard InChI is InChI=1S/C20H25N3O2S/c1-24-18-9-7-17(8-10-18)21-20(26)22-19(16-5-3-2-4-6-16)15-23-11-13-25-14-12-23/h2-10,19H,11-15H2,1H3,(H2,21,22,26)/p+1/t19-/m0/s1. The zero-order chi connectivity index (χ0) is 18.2. The van der Waals surface area contributed by atoms with Gasteiger partial charge in [-0.25, -0.2) is 0 Å². The van der Waals surface area contributed by atoms with Crippen molar-refractivity contribution in [3.05, 3.63) is 60.2 Å². The van der Waals surface area contributed by atoms with Gasteiger partial charge in [0.15, 0.2) is 5.11 Å². The molecule has 0 aliphatic carbocycles. The van der Waals surface area contributed by atoms with Gasteiger partial charge in [0.1, 0.15) is 31.4 Å². The normalized spacial score (nSPS) is 15.9. The van der Waals surface area contributed by atoms with E-state index >= 15 is 0 Å². The molecule has 1 aliphatic rings. The Balaban J connectivity index is 1.64. The van der Waals surface area contributed by atoms with Crippen molar-refractivity contribution in [2.45, 2.75) is 6.04 Å². The molecule has 2 aromatic carbocycles. The number of thiocarbonyl (C=S) groups is 1. The highest BCUT2D eigenvalue weighted by molar-refractivity contribution is 7.80. The van der Waals surface area contributed by atoms with Crippen LogP contribution in [0.4, 0.5) is 5.69 Å². The van der Waals surface area contributed by atoms with Gasteiger partial charge in [-0.15, -0.1) is 0 Å². The van der Waals surface area contributed by atoms with Crippen molar-refractivity contribution < 1.29 is 14.4 Å². The number of methoxy groups -OCH3 is 1. The molecule has 26 heavy (non-hydrogen) atoms. The van der Waals surface area contributed by atoms with Crippen LogP contribution in [-0.4, -0.2) is 45.1 Å². The van der Waals surface area contributed by atoms with Gasteiger partial charge in [0.2, 0.25) is 0 Å². The van der Waals surface area contributed by atoms with Crippen LogP contribution >= 0.6 is 12.2 Å². The van der Waals surface area contributed by atoms with E-state index in [2.05, 4.69) is 34.9 Å². The highest BCUT2D eigenvalue weighted by atomic mass is 32.1. The molecule has 0 amide bonds. The third-order valence-electron chi connectivity index (χ3n) is 4.55. The summed E-state index contributed by atoms with van der Waals surface area (Å²) in [6.07, 6.45) is 0. The van der Waals surface area contributed by atoms with Gasteiger partial charge in [0, 0.05) is 5.69 Å². The summed E-state index contributed by atoms with van der Waals surface area (Å²) in [7, 11) is 1.66. The van der Waals surface area contributed by atoms with Gasteiger partial charge in [-0.2, -0.15) is 0 Å². The molecule has 0 unspecified atom stereocenters. The van der Waals surface area contributed by atoms with Crippen molar-refractivity contribution >= 4 is 23.0 Å².